The third kappa shape index (κ3) is 5.45. The molecule has 0 N–H and O–H groups in total. The van der Waals surface area contributed by atoms with E-state index in [-0.39, 0.29) is 11.3 Å². The van der Waals surface area contributed by atoms with Gasteiger partial charge in [-0.25, -0.2) is 9.50 Å². The number of halogens is 3. The Morgan fingerprint density at radius 3 is 2.58 bits per heavy atom. The molecule has 10 heteroatoms. The zero-order valence-corrected chi connectivity index (χ0v) is 17.2. The molecule has 0 atom stereocenters. The third-order valence-corrected chi connectivity index (χ3v) is 5.19. The summed E-state index contributed by atoms with van der Waals surface area (Å²) >= 11 is 0. The van der Waals surface area contributed by atoms with Crippen LogP contribution in [-0.2, 0) is 0 Å². The van der Waals surface area contributed by atoms with Crippen molar-refractivity contribution in [3.63, 3.8) is 0 Å². The van der Waals surface area contributed by atoms with Crippen molar-refractivity contribution in [2.75, 3.05) is 46.4 Å². The van der Waals surface area contributed by atoms with Crippen molar-refractivity contribution in [1.29, 1.82) is 0 Å². The highest BCUT2D eigenvalue weighted by molar-refractivity contribution is 5.69. The second-order valence-corrected chi connectivity index (χ2v) is 7.48. The largest absolute Gasteiger partial charge is 0.573 e. The van der Waals surface area contributed by atoms with E-state index in [2.05, 4.69) is 31.7 Å². The van der Waals surface area contributed by atoms with Crippen molar-refractivity contribution >= 4 is 5.65 Å². The predicted molar refractivity (Wildman–Crippen MR) is 109 cm³/mol. The zero-order valence-electron chi connectivity index (χ0n) is 17.2. The third-order valence-electron chi connectivity index (χ3n) is 5.19. The molecule has 1 saturated heterocycles. The Kier molecular flexibility index (Phi) is 6.28. The lowest BCUT2D eigenvalue weighted by molar-refractivity contribution is -0.274. The second kappa shape index (κ2) is 9.11. The molecule has 0 bridgehead atoms. The molecule has 0 aliphatic carbocycles. The van der Waals surface area contributed by atoms with Crippen LogP contribution in [0.15, 0.2) is 42.6 Å². The molecule has 0 saturated carbocycles. The Morgan fingerprint density at radius 2 is 1.81 bits per heavy atom. The van der Waals surface area contributed by atoms with Gasteiger partial charge >= 0.3 is 6.36 Å². The van der Waals surface area contributed by atoms with E-state index < -0.39 is 6.36 Å². The lowest BCUT2D eigenvalue weighted by Crippen LogP contribution is -2.44. The van der Waals surface area contributed by atoms with Gasteiger partial charge in [-0.2, -0.15) is 0 Å². The maximum absolute atomic E-state index is 12.8. The molecule has 1 aromatic carbocycles. The Hall–Kier alpha value is -2.85. The quantitative estimate of drug-likeness (QED) is 0.531. The summed E-state index contributed by atoms with van der Waals surface area (Å²) in [6, 6.07) is 9.35. The molecule has 0 amide bonds. The molecule has 0 spiro atoms. The standard InChI is InChI=1S/C21H24F3N5O2/c1-27-10-12-28(13-11-27)9-4-14-30-20-8-7-19-25-15-17(29(19)26-20)16-5-2-3-6-18(16)31-21(22,23)24/h2-3,5-8,15H,4,9-14H2,1H3. The summed E-state index contributed by atoms with van der Waals surface area (Å²) < 4.78 is 49.8. The minimum Gasteiger partial charge on any atom is -0.477 e. The molecular formula is C21H24F3N5O2. The Labute approximate surface area is 178 Å². The van der Waals surface area contributed by atoms with Gasteiger partial charge in [0.2, 0.25) is 5.88 Å². The van der Waals surface area contributed by atoms with Gasteiger partial charge in [0.25, 0.3) is 0 Å². The maximum Gasteiger partial charge on any atom is 0.573 e. The second-order valence-electron chi connectivity index (χ2n) is 7.48. The van der Waals surface area contributed by atoms with Gasteiger partial charge in [-0.15, -0.1) is 18.3 Å². The number of nitrogens with zero attached hydrogens (tertiary/aromatic N) is 5. The first-order valence-corrected chi connectivity index (χ1v) is 10.1. The zero-order chi connectivity index (χ0) is 21.8. The monoisotopic (exact) mass is 435 g/mol. The van der Waals surface area contributed by atoms with Gasteiger partial charge in [0.05, 0.1) is 18.5 Å². The molecule has 3 aromatic rings. The van der Waals surface area contributed by atoms with Crippen LogP contribution in [-0.4, -0.2) is 77.1 Å². The number of fused-ring (bicyclic) bond motifs is 1. The van der Waals surface area contributed by atoms with Crippen LogP contribution < -0.4 is 9.47 Å². The number of hydrogen-bond acceptors (Lipinski definition) is 6. The lowest BCUT2D eigenvalue weighted by Gasteiger charge is -2.32. The fraction of sp³-hybridized carbons (Fsp3) is 0.429. The van der Waals surface area contributed by atoms with E-state index in [4.69, 9.17) is 4.74 Å². The summed E-state index contributed by atoms with van der Waals surface area (Å²) in [6.45, 7) is 5.71. The van der Waals surface area contributed by atoms with Crippen LogP contribution in [0.1, 0.15) is 6.42 Å². The first-order chi connectivity index (χ1) is 14.9. The van der Waals surface area contributed by atoms with E-state index >= 15 is 0 Å². The molecule has 3 heterocycles. The summed E-state index contributed by atoms with van der Waals surface area (Å²) in [4.78, 5) is 8.96. The SMILES string of the molecule is CN1CCN(CCCOc2ccc3ncc(-c4ccccc4OC(F)(F)F)n3n2)CC1. The van der Waals surface area contributed by atoms with Gasteiger partial charge in [0.15, 0.2) is 5.65 Å². The van der Waals surface area contributed by atoms with Crippen LogP contribution >= 0.6 is 0 Å². The molecular weight excluding hydrogens is 411 g/mol. The van der Waals surface area contributed by atoms with E-state index in [0.29, 0.717) is 23.8 Å². The first kappa shape index (κ1) is 21.4. The number of likely N-dealkylation sites (N-methyl/N-ethyl adjacent to an activating group) is 1. The number of ether oxygens (including phenoxy) is 2. The average molecular weight is 435 g/mol. The highest BCUT2D eigenvalue weighted by Gasteiger charge is 2.32. The first-order valence-electron chi connectivity index (χ1n) is 10.1. The van der Waals surface area contributed by atoms with E-state index in [1.165, 1.54) is 28.9 Å². The fourth-order valence-corrected chi connectivity index (χ4v) is 3.55. The molecule has 4 rings (SSSR count). The number of aromatic nitrogens is 3. The number of alkyl halides is 3. The number of rotatable bonds is 7. The van der Waals surface area contributed by atoms with Gasteiger partial charge in [-0.3, -0.25) is 0 Å². The number of hydrogen-bond donors (Lipinski definition) is 0. The Bertz CT molecular complexity index is 1020. The van der Waals surface area contributed by atoms with E-state index in [0.717, 1.165) is 39.1 Å². The molecule has 166 valence electrons. The topological polar surface area (TPSA) is 55.1 Å². The summed E-state index contributed by atoms with van der Waals surface area (Å²) in [6.07, 6.45) is -2.46. The Balaban J connectivity index is 1.45. The maximum atomic E-state index is 12.8. The van der Waals surface area contributed by atoms with Crippen molar-refractivity contribution < 1.29 is 22.6 Å². The van der Waals surface area contributed by atoms with Crippen molar-refractivity contribution in [2.45, 2.75) is 12.8 Å². The molecule has 0 radical (unpaired) electrons. The molecule has 2 aromatic heterocycles. The number of piperazine rings is 1. The highest BCUT2D eigenvalue weighted by Crippen LogP contribution is 2.33. The minimum atomic E-state index is -4.79. The molecule has 1 fully saturated rings. The predicted octanol–water partition coefficient (Wildman–Crippen LogP) is 3.31. The summed E-state index contributed by atoms with van der Waals surface area (Å²) in [5, 5.41) is 4.42. The van der Waals surface area contributed by atoms with Crippen molar-refractivity contribution in [2.24, 2.45) is 0 Å². The van der Waals surface area contributed by atoms with E-state index in [1.54, 1.807) is 18.2 Å². The van der Waals surface area contributed by atoms with Crippen molar-refractivity contribution in [3.8, 4) is 22.9 Å². The van der Waals surface area contributed by atoms with Crippen LogP contribution in [0, 0.1) is 0 Å². The van der Waals surface area contributed by atoms with Gasteiger partial charge < -0.3 is 19.3 Å². The fourth-order valence-electron chi connectivity index (χ4n) is 3.55. The van der Waals surface area contributed by atoms with Gasteiger partial charge in [0, 0.05) is 44.4 Å². The van der Waals surface area contributed by atoms with Gasteiger partial charge in [0.1, 0.15) is 5.75 Å². The molecule has 0 unspecified atom stereocenters. The van der Waals surface area contributed by atoms with Crippen LogP contribution in [0.3, 0.4) is 0 Å². The van der Waals surface area contributed by atoms with Crippen LogP contribution in [0.4, 0.5) is 13.2 Å². The average Bonchev–Trinajstić information content (AvgIpc) is 3.15. The van der Waals surface area contributed by atoms with Crippen molar-refractivity contribution in [1.82, 2.24) is 24.4 Å². The summed E-state index contributed by atoms with van der Waals surface area (Å²) in [7, 11) is 2.13. The van der Waals surface area contributed by atoms with Crippen LogP contribution in [0.2, 0.25) is 0 Å². The van der Waals surface area contributed by atoms with Crippen LogP contribution in [0.25, 0.3) is 16.9 Å². The molecule has 7 nitrogen and oxygen atoms in total. The lowest BCUT2D eigenvalue weighted by atomic mass is 10.1. The van der Waals surface area contributed by atoms with Crippen LogP contribution in [0.5, 0.6) is 11.6 Å². The molecule has 1 aliphatic rings. The normalized spacial score (nSPS) is 16.0. The molecule has 31 heavy (non-hydrogen) atoms. The van der Waals surface area contributed by atoms with Gasteiger partial charge in [-0.1, -0.05) is 12.1 Å². The minimum absolute atomic E-state index is 0.243. The van der Waals surface area contributed by atoms with E-state index in [1.807, 2.05) is 0 Å². The summed E-state index contributed by atoms with van der Waals surface area (Å²) in [5.74, 6) is 0.0800. The Morgan fingerprint density at radius 1 is 1.03 bits per heavy atom. The number of para-hydroxylation sites is 1. The number of imidazole rings is 1. The highest BCUT2D eigenvalue weighted by atomic mass is 19.4. The molecule has 1 aliphatic heterocycles. The van der Waals surface area contributed by atoms with E-state index in [9.17, 15) is 13.2 Å². The smallest absolute Gasteiger partial charge is 0.477 e. The summed E-state index contributed by atoms with van der Waals surface area (Å²) in [5.41, 5.74) is 1.13. The van der Waals surface area contributed by atoms with Gasteiger partial charge in [-0.05, 0) is 31.7 Å². The van der Waals surface area contributed by atoms with Crippen molar-refractivity contribution in [3.05, 3.63) is 42.6 Å². The number of benzene rings is 1.